The minimum Gasteiger partial charge on any atom is -0.393 e. The van der Waals surface area contributed by atoms with Gasteiger partial charge >= 0.3 is 0 Å². The molecule has 2 aromatic carbocycles. The average Bonchev–Trinajstić information content (AvgIpc) is 3.33. The molecule has 1 heterocycles. The largest absolute Gasteiger partial charge is 0.393 e. The van der Waals surface area contributed by atoms with E-state index in [-0.39, 0.29) is 35.0 Å². The number of hydrogen-bond donors (Lipinski definition) is 1. The Balaban J connectivity index is 1.11. The molecule has 3 fully saturated rings. The van der Waals surface area contributed by atoms with E-state index in [0.29, 0.717) is 55.6 Å². The van der Waals surface area contributed by atoms with Gasteiger partial charge in [0, 0.05) is 49.6 Å². The van der Waals surface area contributed by atoms with Crippen molar-refractivity contribution in [3.8, 4) is 0 Å². The summed E-state index contributed by atoms with van der Waals surface area (Å²) in [5, 5.41) is 11.1. The summed E-state index contributed by atoms with van der Waals surface area (Å²) in [6, 6.07) is 17.5. The number of aliphatic hydroxyl groups is 1. The minimum absolute atomic E-state index is 0.00355. The van der Waals surface area contributed by atoms with E-state index in [9.17, 15) is 19.5 Å². The van der Waals surface area contributed by atoms with E-state index < -0.39 is 0 Å². The molecule has 2 aromatic rings. The quantitative estimate of drug-likeness (QED) is 0.531. The number of rotatable bonds is 3. The maximum atomic E-state index is 13.5. The van der Waals surface area contributed by atoms with Gasteiger partial charge in [-0.15, -0.1) is 0 Å². The van der Waals surface area contributed by atoms with Gasteiger partial charge in [-0.3, -0.25) is 14.4 Å². The Morgan fingerprint density at radius 1 is 0.810 bits per heavy atom. The fourth-order valence-electron chi connectivity index (χ4n) is 8.85. The SMILES string of the molecule is CC12CC(c3ccc(C(=O)N4CCN(C(=O)c5ccccc5)CC4)cc3)C3=C4CCC(=O)C=C4CCC3C1CCC2O. The summed E-state index contributed by atoms with van der Waals surface area (Å²) < 4.78 is 0. The lowest BCUT2D eigenvalue weighted by Gasteiger charge is -2.52. The molecule has 7 rings (SSSR count). The predicted octanol–water partition coefficient (Wildman–Crippen LogP) is 5.55. The summed E-state index contributed by atoms with van der Waals surface area (Å²) in [4.78, 5) is 42.2. The summed E-state index contributed by atoms with van der Waals surface area (Å²) in [7, 11) is 0. The molecule has 6 heteroatoms. The molecule has 42 heavy (non-hydrogen) atoms. The van der Waals surface area contributed by atoms with Crippen molar-refractivity contribution in [1.82, 2.24) is 9.80 Å². The first-order valence-electron chi connectivity index (χ1n) is 15.7. The van der Waals surface area contributed by atoms with Crippen molar-refractivity contribution in [1.29, 1.82) is 0 Å². The fourth-order valence-corrected chi connectivity index (χ4v) is 8.85. The van der Waals surface area contributed by atoms with Crippen LogP contribution in [0.3, 0.4) is 0 Å². The van der Waals surface area contributed by atoms with Gasteiger partial charge in [0.2, 0.25) is 0 Å². The van der Waals surface area contributed by atoms with Crippen LogP contribution < -0.4 is 0 Å². The third kappa shape index (κ3) is 4.55. The van der Waals surface area contributed by atoms with E-state index in [2.05, 4.69) is 19.1 Å². The molecule has 1 aliphatic heterocycles. The van der Waals surface area contributed by atoms with Crippen LogP contribution in [0.1, 0.15) is 84.1 Å². The third-order valence-electron chi connectivity index (χ3n) is 11.1. The van der Waals surface area contributed by atoms with Crippen LogP contribution in [0, 0.1) is 17.3 Å². The Morgan fingerprint density at radius 3 is 2.12 bits per heavy atom. The van der Waals surface area contributed by atoms with Crippen LogP contribution in [-0.4, -0.2) is 64.8 Å². The molecule has 218 valence electrons. The van der Waals surface area contributed by atoms with E-state index in [0.717, 1.165) is 38.5 Å². The number of fused-ring (bicyclic) bond motifs is 4. The normalized spacial score (nSPS) is 30.8. The molecule has 0 bridgehead atoms. The fraction of sp³-hybridized carbons (Fsp3) is 0.472. The summed E-state index contributed by atoms with van der Waals surface area (Å²) in [5.41, 5.74) is 6.59. The van der Waals surface area contributed by atoms with Gasteiger partial charge in [-0.25, -0.2) is 0 Å². The van der Waals surface area contributed by atoms with Crippen molar-refractivity contribution in [2.45, 2.75) is 63.9 Å². The van der Waals surface area contributed by atoms with E-state index in [1.54, 1.807) is 0 Å². The Morgan fingerprint density at radius 2 is 1.45 bits per heavy atom. The summed E-state index contributed by atoms with van der Waals surface area (Å²) >= 11 is 0. The van der Waals surface area contributed by atoms with Crippen LogP contribution in [0.2, 0.25) is 0 Å². The highest BCUT2D eigenvalue weighted by Gasteiger charge is 2.56. The lowest BCUT2D eigenvalue weighted by atomic mass is 9.53. The molecule has 5 aliphatic rings. The monoisotopic (exact) mass is 564 g/mol. The number of nitrogens with zero attached hydrogens (tertiary/aromatic N) is 2. The molecule has 0 aromatic heterocycles. The predicted molar refractivity (Wildman–Crippen MR) is 161 cm³/mol. The van der Waals surface area contributed by atoms with Gasteiger partial charge in [-0.1, -0.05) is 42.8 Å². The first kappa shape index (κ1) is 27.3. The number of benzene rings is 2. The second-order valence-electron chi connectivity index (χ2n) is 13.2. The van der Waals surface area contributed by atoms with Crippen molar-refractivity contribution >= 4 is 17.6 Å². The van der Waals surface area contributed by atoms with Crippen molar-refractivity contribution in [2.75, 3.05) is 26.2 Å². The first-order valence-corrected chi connectivity index (χ1v) is 15.7. The second kappa shape index (κ2) is 10.6. The Hall–Kier alpha value is -3.51. The van der Waals surface area contributed by atoms with Gasteiger partial charge < -0.3 is 14.9 Å². The Bertz CT molecular complexity index is 1470. The smallest absolute Gasteiger partial charge is 0.253 e. The summed E-state index contributed by atoms with van der Waals surface area (Å²) in [5.74, 6) is 1.38. The molecule has 2 amide bonds. The van der Waals surface area contributed by atoms with Crippen LogP contribution in [0.15, 0.2) is 77.4 Å². The van der Waals surface area contributed by atoms with E-state index in [4.69, 9.17) is 0 Å². The highest BCUT2D eigenvalue weighted by atomic mass is 16.3. The number of allylic oxidation sites excluding steroid dienone is 4. The first-order chi connectivity index (χ1) is 20.3. The van der Waals surface area contributed by atoms with Gasteiger partial charge in [0.1, 0.15) is 0 Å². The van der Waals surface area contributed by atoms with Crippen LogP contribution in [0.4, 0.5) is 0 Å². The molecule has 2 saturated carbocycles. The van der Waals surface area contributed by atoms with E-state index in [1.165, 1.54) is 22.3 Å². The zero-order valence-corrected chi connectivity index (χ0v) is 24.4. The molecule has 4 aliphatic carbocycles. The molecular weight excluding hydrogens is 524 g/mol. The number of carbonyl (C=O) groups is 3. The number of hydrogen-bond acceptors (Lipinski definition) is 4. The lowest BCUT2D eigenvalue weighted by Crippen LogP contribution is -2.50. The van der Waals surface area contributed by atoms with Gasteiger partial charge in [0.15, 0.2) is 5.78 Å². The lowest BCUT2D eigenvalue weighted by molar-refractivity contribution is -0.114. The Kier molecular flexibility index (Phi) is 6.92. The number of carbonyl (C=O) groups excluding carboxylic acids is 3. The second-order valence-corrected chi connectivity index (χ2v) is 13.2. The third-order valence-corrected chi connectivity index (χ3v) is 11.1. The van der Waals surface area contributed by atoms with Crippen molar-refractivity contribution < 1.29 is 19.5 Å². The number of piperazine rings is 1. The van der Waals surface area contributed by atoms with Crippen molar-refractivity contribution in [3.63, 3.8) is 0 Å². The molecular formula is C36H40N2O4. The molecule has 0 radical (unpaired) electrons. The van der Waals surface area contributed by atoms with Gasteiger partial charge in [0.25, 0.3) is 11.8 Å². The average molecular weight is 565 g/mol. The minimum atomic E-state index is -0.283. The molecule has 1 N–H and O–H groups in total. The molecule has 6 nitrogen and oxygen atoms in total. The van der Waals surface area contributed by atoms with Crippen LogP contribution in [0.5, 0.6) is 0 Å². The van der Waals surface area contributed by atoms with Crippen LogP contribution in [0.25, 0.3) is 0 Å². The zero-order chi connectivity index (χ0) is 29.0. The molecule has 5 atom stereocenters. The van der Waals surface area contributed by atoms with E-state index >= 15 is 0 Å². The zero-order valence-electron chi connectivity index (χ0n) is 24.4. The molecule has 1 saturated heterocycles. The number of ketones is 1. The highest BCUT2D eigenvalue weighted by Crippen LogP contribution is 2.63. The summed E-state index contributed by atoms with van der Waals surface area (Å²) in [6.07, 6.45) is 7.88. The van der Waals surface area contributed by atoms with Crippen LogP contribution >= 0.6 is 0 Å². The van der Waals surface area contributed by atoms with Gasteiger partial charge in [-0.05, 0) is 103 Å². The van der Waals surface area contributed by atoms with Crippen LogP contribution in [-0.2, 0) is 4.79 Å². The Labute approximate surface area is 248 Å². The standard InChI is InChI=1S/C36H40N2O4/c1-36-22-30(33-28-14-12-27(39)21-26(28)11-13-29(33)31(36)15-16-32(36)40)23-7-9-25(10-8-23)35(42)38-19-17-37(18-20-38)34(41)24-5-3-2-4-6-24/h2-10,21,29-32,40H,11-20,22H2,1H3. The maximum absolute atomic E-state index is 13.5. The topological polar surface area (TPSA) is 77.9 Å². The highest BCUT2D eigenvalue weighted by molar-refractivity contribution is 5.96. The number of aliphatic hydroxyl groups excluding tert-OH is 1. The van der Waals surface area contributed by atoms with Gasteiger partial charge in [-0.2, -0.15) is 0 Å². The van der Waals surface area contributed by atoms with Crippen molar-refractivity contribution in [2.24, 2.45) is 17.3 Å². The number of amides is 2. The van der Waals surface area contributed by atoms with Gasteiger partial charge in [0.05, 0.1) is 6.10 Å². The van der Waals surface area contributed by atoms with E-state index in [1.807, 2.05) is 58.3 Å². The van der Waals surface area contributed by atoms with Crippen molar-refractivity contribution in [3.05, 3.63) is 94.1 Å². The maximum Gasteiger partial charge on any atom is 0.253 e. The summed E-state index contributed by atoms with van der Waals surface area (Å²) in [6.45, 7) is 4.38. The molecule has 5 unspecified atom stereocenters. The molecule has 0 spiro atoms.